The Bertz CT molecular complexity index is 3060. The second-order valence-corrected chi connectivity index (χ2v) is 16.6. The van der Waals surface area contributed by atoms with Crippen LogP contribution in [0.4, 0.5) is 8.78 Å². The maximum absolute atomic E-state index is 14.7. The van der Waals surface area contributed by atoms with E-state index in [4.69, 9.17) is 16.3 Å². The fourth-order valence-corrected chi connectivity index (χ4v) is 9.45. The van der Waals surface area contributed by atoms with Crippen LogP contribution < -0.4 is 10.3 Å². The molecule has 0 saturated heterocycles. The van der Waals surface area contributed by atoms with Gasteiger partial charge in [-0.25, -0.2) is 18.9 Å². The van der Waals surface area contributed by atoms with Crippen molar-refractivity contribution in [3.8, 4) is 5.75 Å². The lowest BCUT2D eigenvalue weighted by molar-refractivity contribution is -0.118. The monoisotopic (exact) mass is 862 g/mol. The molecule has 318 valence electrons. The number of ketones is 1. The molecule has 0 saturated carbocycles. The largest absolute Gasteiger partial charge is 0.494 e. The van der Waals surface area contributed by atoms with Crippen LogP contribution in [0.25, 0.3) is 32.8 Å². The lowest BCUT2D eigenvalue weighted by Gasteiger charge is -2.32. The van der Waals surface area contributed by atoms with E-state index in [1.54, 1.807) is 10.7 Å². The zero-order valence-electron chi connectivity index (χ0n) is 34.9. The molecule has 3 heterocycles. The summed E-state index contributed by atoms with van der Waals surface area (Å²) < 4.78 is 36.6. The van der Waals surface area contributed by atoms with Crippen LogP contribution >= 0.6 is 11.6 Å². The van der Waals surface area contributed by atoms with Crippen molar-refractivity contribution in [2.45, 2.75) is 63.7 Å². The van der Waals surface area contributed by atoms with Crippen LogP contribution in [0.2, 0.25) is 5.02 Å². The van der Waals surface area contributed by atoms with Crippen LogP contribution in [0.5, 0.6) is 5.75 Å². The van der Waals surface area contributed by atoms with Gasteiger partial charge in [-0.05, 0) is 137 Å². The molecular weight excluding hydrogens is 818 g/mol. The number of nitrogens with one attached hydrogen (secondary N) is 2. The third kappa shape index (κ3) is 8.57. The number of rotatable bonds is 15. The number of hydrogen-bond donors (Lipinski definition) is 2. The number of halogens is 3. The quantitative estimate of drug-likeness (QED) is 0.0783. The summed E-state index contributed by atoms with van der Waals surface area (Å²) in [6, 6.07) is 31.7. The van der Waals surface area contributed by atoms with Gasteiger partial charge in [0.1, 0.15) is 35.3 Å². The number of aryl methyl sites for hydroxylation is 1. The van der Waals surface area contributed by atoms with Gasteiger partial charge >= 0.3 is 0 Å². The van der Waals surface area contributed by atoms with Gasteiger partial charge in [0.15, 0.2) is 0 Å². The van der Waals surface area contributed by atoms with Crippen molar-refractivity contribution in [1.29, 1.82) is 0 Å². The van der Waals surface area contributed by atoms with Crippen LogP contribution in [0.1, 0.15) is 95.8 Å². The lowest BCUT2D eigenvalue weighted by atomic mass is 9.73. The Morgan fingerprint density at radius 1 is 0.905 bits per heavy atom. The SMILES string of the molecule is CC/C(=C(/c1ccc(OCCCCCC(=O)Cc2ccc([C@H]3Cc4cc(F)cc5c(=O)[nH]nc(c45)[C@@H]3c3ncnn3C)cc2)cc1)c1ccc2[nH]ccc2c1)c1ccc(F)cc1Cl. The minimum absolute atomic E-state index is 0.157. The number of carbonyl (C=O) groups excluding carboxylic acids is 1. The van der Waals surface area contributed by atoms with Crippen molar-refractivity contribution in [2.75, 3.05) is 6.61 Å². The summed E-state index contributed by atoms with van der Waals surface area (Å²) in [5, 5.41) is 13.7. The first-order valence-electron chi connectivity index (χ1n) is 21.3. The highest BCUT2D eigenvalue weighted by molar-refractivity contribution is 6.32. The molecule has 0 bridgehead atoms. The molecule has 9 rings (SSSR count). The van der Waals surface area contributed by atoms with Crippen molar-refractivity contribution in [3.63, 3.8) is 0 Å². The second kappa shape index (κ2) is 17.9. The van der Waals surface area contributed by atoms with Gasteiger partial charge in [0.25, 0.3) is 5.56 Å². The molecule has 9 nitrogen and oxygen atoms in total. The standard InChI is InChI=1S/C51H45ClF2N6O3/c1-3-40(41-18-15-36(53)28-44(41)52)46(34-14-19-45-33(24-34)20-21-55-45)32-12-16-39(17-13-32)63-22-6-4-5-7-38(61)23-30-8-10-31(11-9-30)42-26-35-25-37(54)27-43-47(35)49(58-59-51(43)62)48(42)50-56-29-57-60(50)2/h8-21,24-25,27-29,42,48,55H,3-7,22-23,26H2,1-2H3,(H,59,62)/b46-40+/t42-,48-/m1/s1. The third-order valence-corrected chi connectivity index (χ3v) is 12.5. The zero-order chi connectivity index (χ0) is 43.6. The molecule has 2 atom stereocenters. The Morgan fingerprint density at radius 2 is 1.71 bits per heavy atom. The number of unbranched alkanes of at least 4 members (excludes halogenated alkanes) is 2. The molecule has 0 unspecified atom stereocenters. The van der Waals surface area contributed by atoms with Crippen LogP contribution in [-0.4, -0.2) is 42.3 Å². The van der Waals surface area contributed by atoms with E-state index in [0.29, 0.717) is 54.2 Å². The summed E-state index contributed by atoms with van der Waals surface area (Å²) in [6.45, 7) is 2.61. The Balaban J connectivity index is 0.804. The van der Waals surface area contributed by atoms with Gasteiger partial charge in [-0.2, -0.15) is 10.2 Å². The molecule has 63 heavy (non-hydrogen) atoms. The molecule has 1 aliphatic carbocycles. The number of Topliss-reactive ketones (excluding diaryl/α,β-unsaturated/α-hetero) is 1. The normalized spacial score (nSPS) is 15.2. The highest BCUT2D eigenvalue weighted by Crippen LogP contribution is 2.46. The van der Waals surface area contributed by atoms with E-state index in [9.17, 15) is 18.4 Å². The summed E-state index contributed by atoms with van der Waals surface area (Å²) in [4.78, 5) is 33.6. The number of H-pyrrole nitrogens is 2. The number of carbonyl (C=O) groups is 1. The van der Waals surface area contributed by atoms with Crippen molar-refractivity contribution in [3.05, 3.63) is 188 Å². The summed E-state index contributed by atoms with van der Waals surface area (Å²) in [5.74, 6) is 0.291. The van der Waals surface area contributed by atoms with Crippen molar-refractivity contribution in [2.24, 2.45) is 7.05 Å². The number of fused-ring (bicyclic) bond motifs is 1. The average molecular weight is 863 g/mol. The minimum Gasteiger partial charge on any atom is -0.494 e. The predicted molar refractivity (Wildman–Crippen MR) is 243 cm³/mol. The number of hydrogen-bond acceptors (Lipinski definition) is 6. The minimum atomic E-state index is -0.467. The Morgan fingerprint density at radius 3 is 2.48 bits per heavy atom. The zero-order valence-corrected chi connectivity index (χ0v) is 35.7. The number of benzene rings is 5. The number of aromatic amines is 2. The fraction of sp³-hybridized carbons (Fsp3) is 0.235. The van der Waals surface area contributed by atoms with Crippen molar-refractivity contribution >= 4 is 50.2 Å². The molecule has 12 heteroatoms. The molecule has 0 radical (unpaired) electrons. The number of allylic oxidation sites excluding steroid dienone is 1. The van der Waals surface area contributed by atoms with Crippen molar-refractivity contribution in [1.82, 2.24) is 29.9 Å². The molecule has 2 N–H and O–H groups in total. The average Bonchev–Trinajstić information content (AvgIpc) is 3.94. The molecule has 0 fully saturated rings. The fourth-order valence-electron chi connectivity index (χ4n) is 9.17. The first kappa shape index (κ1) is 41.6. The van der Waals surface area contributed by atoms with E-state index in [1.165, 1.54) is 30.6 Å². The Labute approximate surface area is 367 Å². The van der Waals surface area contributed by atoms with Crippen LogP contribution in [0.15, 0.2) is 120 Å². The van der Waals surface area contributed by atoms with E-state index < -0.39 is 11.4 Å². The molecule has 1 aliphatic rings. The Hall–Kier alpha value is -6.72. The second-order valence-electron chi connectivity index (χ2n) is 16.2. The molecule has 8 aromatic rings. The van der Waals surface area contributed by atoms with Gasteiger partial charge in [-0.3, -0.25) is 14.3 Å². The van der Waals surface area contributed by atoms with E-state index in [0.717, 1.165) is 80.4 Å². The third-order valence-electron chi connectivity index (χ3n) is 12.2. The van der Waals surface area contributed by atoms with Gasteiger partial charge in [0, 0.05) is 42.9 Å². The topological polar surface area (TPSA) is 119 Å². The van der Waals surface area contributed by atoms with E-state index >= 15 is 0 Å². The summed E-state index contributed by atoms with van der Waals surface area (Å²) >= 11 is 6.61. The van der Waals surface area contributed by atoms with E-state index in [2.05, 4.69) is 62.5 Å². The van der Waals surface area contributed by atoms with E-state index in [-0.39, 0.29) is 28.8 Å². The van der Waals surface area contributed by atoms with Gasteiger partial charge in [-0.15, -0.1) is 0 Å². The van der Waals surface area contributed by atoms with Gasteiger partial charge < -0.3 is 9.72 Å². The molecule has 3 aromatic heterocycles. The van der Waals surface area contributed by atoms with Gasteiger partial charge in [0.05, 0.1) is 28.6 Å². The van der Waals surface area contributed by atoms with Crippen LogP contribution in [0.3, 0.4) is 0 Å². The number of aromatic nitrogens is 6. The number of nitrogens with zero attached hydrogens (tertiary/aromatic N) is 4. The first-order chi connectivity index (χ1) is 30.6. The highest BCUT2D eigenvalue weighted by Gasteiger charge is 2.38. The molecule has 0 spiro atoms. The maximum Gasteiger partial charge on any atom is 0.272 e. The first-order valence-corrected chi connectivity index (χ1v) is 21.7. The van der Waals surface area contributed by atoms with Crippen LogP contribution in [0, 0.1) is 11.6 Å². The summed E-state index contributed by atoms with van der Waals surface area (Å²) in [7, 11) is 1.82. The molecule has 0 amide bonds. The smallest absolute Gasteiger partial charge is 0.272 e. The van der Waals surface area contributed by atoms with E-state index in [1.807, 2.05) is 55.7 Å². The molecule has 5 aromatic carbocycles. The van der Waals surface area contributed by atoms with Gasteiger partial charge in [-0.1, -0.05) is 67.1 Å². The van der Waals surface area contributed by atoms with Crippen LogP contribution in [-0.2, 0) is 24.7 Å². The molecular formula is C51H45ClF2N6O3. The summed E-state index contributed by atoms with van der Waals surface area (Å²) in [6.07, 6.45) is 7.83. The lowest BCUT2D eigenvalue weighted by Crippen LogP contribution is -2.27. The number of ether oxygens (including phenoxy) is 1. The predicted octanol–water partition coefficient (Wildman–Crippen LogP) is 11.1. The molecule has 0 aliphatic heterocycles. The Kier molecular flexibility index (Phi) is 11.9. The van der Waals surface area contributed by atoms with Gasteiger partial charge in [0.2, 0.25) is 0 Å². The highest BCUT2D eigenvalue weighted by atomic mass is 35.5. The summed E-state index contributed by atoms with van der Waals surface area (Å²) in [5.41, 5.74) is 8.77. The van der Waals surface area contributed by atoms with Crippen molar-refractivity contribution < 1.29 is 18.3 Å². The maximum atomic E-state index is 14.7.